The van der Waals surface area contributed by atoms with Gasteiger partial charge in [0.05, 0.1) is 25.7 Å². The van der Waals surface area contributed by atoms with Gasteiger partial charge in [-0.15, -0.1) is 0 Å². The number of likely N-dealkylation sites (tertiary alicyclic amines) is 1. The number of nitrogens with zero attached hydrogens (tertiary/aromatic N) is 1. The summed E-state index contributed by atoms with van der Waals surface area (Å²) in [4.78, 5) is 38.8. The van der Waals surface area contributed by atoms with E-state index in [-0.39, 0.29) is 17.9 Å². The summed E-state index contributed by atoms with van der Waals surface area (Å²) >= 11 is 23.8. The highest BCUT2D eigenvalue weighted by Crippen LogP contribution is 2.35. The number of carbonyl (C=O) groups is 3. The van der Waals surface area contributed by atoms with E-state index in [9.17, 15) is 19.5 Å². The Morgan fingerprint density at radius 3 is 1.47 bits per heavy atom. The van der Waals surface area contributed by atoms with E-state index in [0.29, 0.717) is 85.8 Å². The monoisotopic (exact) mass is 994 g/mol. The number of hydrogen-bond acceptors (Lipinski definition) is 8. The quantitative estimate of drug-likeness (QED) is 0.106. The van der Waals surface area contributed by atoms with Crippen LogP contribution in [0.1, 0.15) is 71.9 Å². The van der Waals surface area contributed by atoms with Gasteiger partial charge in [0.25, 0.3) is 11.8 Å². The van der Waals surface area contributed by atoms with E-state index in [1.165, 1.54) is 17.2 Å². The molecule has 3 amide bonds. The van der Waals surface area contributed by atoms with Crippen LogP contribution in [0.4, 0.5) is 16.2 Å². The standard InChI is InChI=1S/C29H30Cl2N2O5.C24H20Cl2N2O2/c1-28(2,3)38-27(35)33-16-14-29(36,15-17-33)20-5-9-22(10-6-20)37-23-11-7-21(8-12-23)32-26(34)19-4-13-24(30)25(31)18-19;25-22-10-3-18(15-23(22)26)24(29)28-19-4-8-21(9-5-19)30-20-6-1-16(2-7-20)17-11-13-27-14-12-17/h4-13,18,36H,14-17H2,1-3H3,(H,32,34);1-11,15,27H,12-14H2,(H,28,29). The van der Waals surface area contributed by atoms with E-state index < -0.39 is 11.2 Å². The molecule has 2 aliphatic rings. The smallest absolute Gasteiger partial charge is 0.410 e. The number of carbonyl (C=O) groups excluding carboxylic acids is 3. The molecule has 2 heterocycles. The number of aliphatic hydroxyl groups is 1. The third-order valence-electron chi connectivity index (χ3n) is 11.0. The van der Waals surface area contributed by atoms with E-state index in [0.717, 1.165) is 30.8 Å². The Morgan fingerprint density at radius 2 is 1.06 bits per heavy atom. The highest BCUT2D eigenvalue weighted by molar-refractivity contribution is 6.42. The average molecular weight is 997 g/mol. The van der Waals surface area contributed by atoms with Crippen LogP contribution < -0.4 is 25.4 Å². The summed E-state index contributed by atoms with van der Waals surface area (Å²) in [5, 5.41) is 21.6. The van der Waals surface area contributed by atoms with Crippen LogP contribution in [0.15, 0.2) is 140 Å². The Bertz CT molecular complexity index is 2750. The second-order valence-electron chi connectivity index (χ2n) is 17.2. The molecule has 0 atom stereocenters. The number of nitrogens with one attached hydrogen (secondary N) is 3. The zero-order valence-corrected chi connectivity index (χ0v) is 40.6. The molecule has 0 radical (unpaired) electrons. The van der Waals surface area contributed by atoms with E-state index >= 15 is 0 Å². The van der Waals surface area contributed by atoms with Crippen molar-refractivity contribution in [3.8, 4) is 23.0 Å². The van der Waals surface area contributed by atoms with Gasteiger partial charge in [-0.3, -0.25) is 9.59 Å². The molecule has 68 heavy (non-hydrogen) atoms. The van der Waals surface area contributed by atoms with Gasteiger partial charge in [0.1, 0.15) is 28.6 Å². The van der Waals surface area contributed by atoms with Gasteiger partial charge in [0, 0.05) is 42.1 Å². The maximum Gasteiger partial charge on any atom is 0.410 e. The molecule has 6 aromatic carbocycles. The van der Waals surface area contributed by atoms with Crippen LogP contribution in [0, 0.1) is 0 Å². The van der Waals surface area contributed by atoms with Gasteiger partial charge >= 0.3 is 6.09 Å². The highest BCUT2D eigenvalue weighted by atomic mass is 35.5. The van der Waals surface area contributed by atoms with Crippen LogP contribution in [0.25, 0.3) is 5.57 Å². The topological polar surface area (TPSA) is 138 Å². The summed E-state index contributed by atoms with van der Waals surface area (Å²) in [5.74, 6) is 2.09. The zero-order chi connectivity index (χ0) is 48.4. The number of ether oxygens (including phenoxy) is 3. The Morgan fingerprint density at radius 1 is 0.618 bits per heavy atom. The third-order valence-corrected chi connectivity index (χ3v) is 12.5. The average Bonchev–Trinajstić information content (AvgIpc) is 3.32. The number of rotatable bonds is 10. The lowest BCUT2D eigenvalue weighted by atomic mass is 9.84. The summed E-state index contributed by atoms with van der Waals surface area (Å²) < 4.78 is 17.3. The molecular formula is C53H50Cl4N4O7. The van der Waals surface area contributed by atoms with E-state index in [2.05, 4.69) is 34.2 Å². The first kappa shape index (κ1) is 49.8. The molecule has 4 N–H and O–H groups in total. The molecule has 0 bridgehead atoms. The van der Waals surface area contributed by atoms with Crippen molar-refractivity contribution in [2.24, 2.45) is 0 Å². The fourth-order valence-corrected chi connectivity index (χ4v) is 7.89. The maximum atomic E-state index is 12.5. The molecule has 11 nitrogen and oxygen atoms in total. The Balaban J connectivity index is 0.000000207. The lowest BCUT2D eigenvalue weighted by molar-refractivity contribution is -0.0356. The van der Waals surface area contributed by atoms with Gasteiger partial charge in [-0.05, 0) is 172 Å². The molecule has 2 aliphatic heterocycles. The molecular weight excluding hydrogens is 946 g/mol. The van der Waals surface area contributed by atoms with Crippen molar-refractivity contribution in [3.63, 3.8) is 0 Å². The molecule has 1 fully saturated rings. The minimum absolute atomic E-state index is 0.259. The third kappa shape index (κ3) is 13.8. The van der Waals surface area contributed by atoms with Crippen molar-refractivity contribution in [2.75, 3.05) is 36.8 Å². The molecule has 6 aromatic rings. The van der Waals surface area contributed by atoms with Crippen LogP contribution in [0.5, 0.6) is 23.0 Å². The minimum atomic E-state index is -1.02. The van der Waals surface area contributed by atoms with Gasteiger partial charge in [-0.25, -0.2) is 4.79 Å². The Labute approximate surface area is 415 Å². The van der Waals surface area contributed by atoms with Crippen molar-refractivity contribution in [1.29, 1.82) is 0 Å². The number of halogens is 4. The van der Waals surface area contributed by atoms with E-state index in [1.54, 1.807) is 83.8 Å². The Kier molecular flexibility index (Phi) is 16.4. The molecule has 352 valence electrons. The molecule has 0 aliphatic carbocycles. The van der Waals surface area contributed by atoms with Crippen molar-refractivity contribution in [2.45, 2.75) is 51.2 Å². The second-order valence-corrected chi connectivity index (χ2v) is 18.8. The van der Waals surface area contributed by atoms with Crippen LogP contribution in [0.2, 0.25) is 20.1 Å². The van der Waals surface area contributed by atoms with Crippen molar-refractivity contribution < 1.29 is 33.7 Å². The second kappa shape index (κ2) is 22.4. The number of hydrogen-bond donors (Lipinski definition) is 4. The lowest BCUT2D eigenvalue weighted by Crippen LogP contribution is -2.46. The first-order chi connectivity index (χ1) is 32.5. The minimum Gasteiger partial charge on any atom is -0.457 e. The van der Waals surface area contributed by atoms with Gasteiger partial charge in [0.15, 0.2) is 0 Å². The first-order valence-corrected chi connectivity index (χ1v) is 23.4. The number of benzene rings is 6. The summed E-state index contributed by atoms with van der Waals surface area (Å²) in [7, 11) is 0. The summed E-state index contributed by atoms with van der Waals surface area (Å²) in [6.07, 6.45) is 3.74. The van der Waals surface area contributed by atoms with Crippen molar-refractivity contribution in [1.82, 2.24) is 10.2 Å². The van der Waals surface area contributed by atoms with Gasteiger partial charge in [-0.2, -0.15) is 0 Å². The maximum absolute atomic E-state index is 12.5. The van der Waals surface area contributed by atoms with E-state index in [4.69, 9.17) is 60.6 Å². The molecule has 0 unspecified atom stereocenters. The predicted molar refractivity (Wildman–Crippen MR) is 271 cm³/mol. The zero-order valence-electron chi connectivity index (χ0n) is 37.6. The van der Waals surface area contributed by atoms with Crippen LogP contribution >= 0.6 is 46.4 Å². The molecule has 8 rings (SSSR count). The number of piperidine rings is 1. The molecule has 0 saturated carbocycles. The SMILES string of the molecule is CC(C)(C)OC(=O)N1CCC(O)(c2ccc(Oc3ccc(NC(=O)c4ccc(Cl)c(Cl)c4)cc3)cc2)CC1.O=C(Nc1ccc(Oc2ccc(C3=CCNCC3)cc2)cc1)c1ccc(Cl)c(Cl)c1. The summed E-state index contributed by atoms with van der Waals surface area (Å²) in [5.41, 5.74) is 3.88. The molecule has 1 saturated heterocycles. The van der Waals surface area contributed by atoms with E-state index in [1.807, 2.05) is 57.2 Å². The van der Waals surface area contributed by atoms with Crippen LogP contribution in [0.3, 0.4) is 0 Å². The summed E-state index contributed by atoms with van der Waals surface area (Å²) in [6, 6.07) is 39.0. The summed E-state index contributed by atoms with van der Waals surface area (Å²) in [6.45, 7) is 8.26. The lowest BCUT2D eigenvalue weighted by Gasteiger charge is -2.39. The highest BCUT2D eigenvalue weighted by Gasteiger charge is 2.36. The normalized spacial score (nSPS) is 14.4. The first-order valence-electron chi connectivity index (χ1n) is 21.9. The fourth-order valence-electron chi connectivity index (χ4n) is 7.30. The largest absolute Gasteiger partial charge is 0.457 e. The predicted octanol–water partition coefficient (Wildman–Crippen LogP) is 13.7. The van der Waals surface area contributed by atoms with Crippen molar-refractivity contribution >= 4 is 81.3 Å². The van der Waals surface area contributed by atoms with Crippen molar-refractivity contribution in [3.05, 3.63) is 182 Å². The van der Waals surface area contributed by atoms with Gasteiger partial charge in [-0.1, -0.05) is 76.7 Å². The Hall–Kier alpha value is -6.05. The number of anilines is 2. The van der Waals surface area contributed by atoms with Crippen LogP contribution in [-0.2, 0) is 10.3 Å². The molecule has 0 spiro atoms. The fraction of sp³-hybridized carbons (Fsp3) is 0.226. The molecule has 15 heteroatoms. The number of amides is 3. The molecule has 0 aromatic heterocycles. The van der Waals surface area contributed by atoms with Gasteiger partial charge < -0.3 is 40.2 Å². The van der Waals surface area contributed by atoms with Crippen LogP contribution in [-0.4, -0.2) is 59.7 Å². The van der Waals surface area contributed by atoms with Gasteiger partial charge in [0.2, 0.25) is 0 Å².